The molecule has 5 nitrogen and oxygen atoms in total. The SMILES string of the molecule is CC(CCCC1(CN=[N+]=[N-])CC1)(C(=O)O)c1cccc(Br)c1. The third-order valence-electron chi connectivity index (χ3n) is 4.74. The Morgan fingerprint density at radius 1 is 1.55 bits per heavy atom. The van der Waals surface area contributed by atoms with Crippen LogP contribution in [-0.4, -0.2) is 17.6 Å². The van der Waals surface area contributed by atoms with Crippen LogP contribution in [0, 0.1) is 5.41 Å². The highest BCUT2D eigenvalue weighted by Crippen LogP contribution is 2.50. The summed E-state index contributed by atoms with van der Waals surface area (Å²) in [6.45, 7) is 2.31. The number of nitrogens with zero attached hydrogens (tertiary/aromatic N) is 3. The Kier molecular flexibility index (Phi) is 5.14. The summed E-state index contributed by atoms with van der Waals surface area (Å²) in [6.07, 6.45) is 4.47. The fourth-order valence-corrected chi connectivity index (χ4v) is 3.27. The van der Waals surface area contributed by atoms with Gasteiger partial charge in [-0.25, -0.2) is 0 Å². The highest BCUT2D eigenvalue weighted by atomic mass is 79.9. The van der Waals surface area contributed by atoms with E-state index in [4.69, 9.17) is 5.53 Å². The van der Waals surface area contributed by atoms with Crippen molar-refractivity contribution in [1.82, 2.24) is 0 Å². The van der Waals surface area contributed by atoms with Crippen LogP contribution in [0.4, 0.5) is 0 Å². The van der Waals surface area contributed by atoms with Gasteiger partial charge >= 0.3 is 5.97 Å². The summed E-state index contributed by atoms with van der Waals surface area (Å²) in [5.74, 6) is -0.800. The molecule has 1 aromatic carbocycles. The van der Waals surface area contributed by atoms with Gasteiger partial charge in [0, 0.05) is 15.9 Å². The summed E-state index contributed by atoms with van der Waals surface area (Å²) in [4.78, 5) is 14.6. The maximum atomic E-state index is 11.8. The van der Waals surface area contributed by atoms with Crippen LogP contribution in [0.15, 0.2) is 33.9 Å². The number of benzene rings is 1. The van der Waals surface area contributed by atoms with Crippen molar-refractivity contribution in [2.24, 2.45) is 10.5 Å². The molecule has 1 atom stereocenters. The molecule has 118 valence electrons. The first kappa shape index (κ1) is 16.8. The van der Waals surface area contributed by atoms with Gasteiger partial charge < -0.3 is 5.11 Å². The first-order valence-electron chi connectivity index (χ1n) is 7.42. The van der Waals surface area contributed by atoms with Gasteiger partial charge in [-0.2, -0.15) is 0 Å². The molecule has 0 amide bonds. The van der Waals surface area contributed by atoms with Gasteiger partial charge in [0.05, 0.1) is 5.41 Å². The number of hydrogen-bond acceptors (Lipinski definition) is 2. The molecule has 0 bridgehead atoms. The van der Waals surface area contributed by atoms with E-state index in [9.17, 15) is 9.90 Å². The molecule has 22 heavy (non-hydrogen) atoms. The molecular formula is C16H20BrN3O2. The van der Waals surface area contributed by atoms with Gasteiger partial charge in [-0.1, -0.05) is 39.6 Å². The van der Waals surface area contributed by atoms with E-state index in [2.05, 4.69) is 26.0 Å². The molecule has 6 heteroatoms. The second kappa shape index (κ2) is 6.71. The quantitative estimate of drug-likeness (QED) is 0.396. The zero-order valence-electron chi connectivity index (χ0n) is 12.6. The molecule has 0 heterocycles. The molecule has 0 saturated heterocycles. The third-order valence-corrected chi connectivity index (χ3v) is 5.24. The fraction of sp³-hybridized carbons (Fsp3) is 0.562. The van der Waals surface area contributed by atoms with Crippen molar-refractivity contribution < 1.29 is 9.90 Å². The Morgan fingerprint density at radius 3 is 2.82 bits per heavy atom. The van der Waals surface area contributed by atoms with Crippen LogP contribution < -0.4 is 0 Å². The molecule has 1 aliphatic carbocycles. The van der Waals surface area contributed by atoms with E-state index in [1.807, 2.05) is 24.3 Å². The highest BCUT2D eigenvalue weighted by Gasteiger charge is 2.42. The van der Waals surface area contributed by atoms with Crippen LogP contribution in [0.3, 0.4) is 0 Å². The van der Waals surface area contributed by atoms with E-state index in [0.29, 0.717) is 13.0 Å². The number of carbonyl (C=O) groups is 1. The zero-order valence-corrected chi connectivity index (χ0v) is 14.2. The molecule has 1 fully saturated rings. The average Bonchev–Trinajstić information content (AvgIpc) is 3.25. The lowest BCUT2D eigenvalue weighted by atomic mass is 9.77. The molecule has 1 unspecified atom stereocenters. The zero-order chi connectivity index (χ0) is 16.2. The van der Waals surface area contributed by atoms with Gasteiger partial charge in [0.2, 0.25) is 0 Å². The molecule has 1 aromatic rings. The summed E-state index contributed by atoms with van der Waals surface area (Å²) < 4.78 is 0.888. The van der Waals surface area contributed by atoms with Crippen LogP contribution in [0.25, 0.3) is 10.4 Å². The first-order valence-corrected chi connectivity index (χ1v) is 8.22. The Hall–Kier alpha value is -1.52. The van der Waals surface area contributed by atoms with Gasteiger partial charge in [0.15, 0.2) is 0 Å². The highest BCUT2D eigenvalue weighted by molar-refractivity contribution is 9.10. The lowest BCUT2D eigenvalue weighted by molar-refractivity contribution is -0.143. The number of halogens is 1. The lowest BCUT2D eigenvalue weighted by Crippen LogP contribution is -2.32. The summed E-state index contributed by atoms with van der Waals surface area (Å²) in [5.41, 5.74) is 8.49. The van der Waals surface area contributed by atoms with Crippen molar-refractivity contribution in [1.29, 1.82) is 0 Å². The number of hydrogen-bond donors (Lipinski definition) is 1. The Balaban J connectivity index is 2.03. The molecule has 0 spiro atoms. The molecular weight excluding hydrogens is 346 g/mol. The Bertz CT molecular complexity index is 609. The van der Waals surface area contributed by atoms with Crippen molar-refractivity contribution in [3.8, 4) is 0 Å². The summed E-state index contributed by atoms with van der Waals surface area (Å²) in [5, 5.41) is 13.4. The van der Waals surface area contributed by atoms with Gasteiger partial charge in [-0.15, -0.1) is 0 Å². The molecule has 1 saturated carbocycles. The molecule has 0 aliphatic heterocycles. The topological polar surface area (TPSA) is 86.1 Å². The van der Waals surface area contributed by atoms with E-state index < -0.39 is 11.4 Å². The lowest BCUT2D eigenvalue weighted by Gasteiger charge is -2.26. The normalized spacial score (nSPS) is 18.1. The smallest absolute Gasteiger partial charge is 0.313 e. The number of carboxylic acids is 1. The first-order chi connectivity index (χ1) is 10.4. The largest absolute Gasteiger partial charge is 0.481 e. The van der Waals surface area contributed by atoms with Gasteiger partial charge in [0.25, 0.3) is 0 Å². The van der Waals surface area contributed by atoms with Crippen molar-refractivity contribution in [3.05, 3.63) is 44.7 Å². The molecule has 0 radical (unpaired) electrons. The van der Waals surface area contributed by atoms with Crippen molar-refractivity contribution in [3.63, 3.8) is 0 Å². The van der Waals surface area contributed by atoms with Crippen LogP contribution in [0.5, 0.6) is 0 Å². The molecule has 1 aliphatic rings. The van der Waals surface area contributed by atoms with Crippen molar-refractivity contribution in [2.75, 3.05) is 6.54 Å². The summed E-state index contributed by atoms with van der Waals surface area (Å²) in [7, 11) is 0. The van der Waals surface area contributed by atoms with Crippen LogP contribution in [0.2, 0.25) is 0 Å². The van der Waals surface area contributed by atoms with E-state index >= 15 is 0 Å². The van der Waals surface area contributed by atoms with Crippen molar-refractivity contribution in [2.45, 2.75) is 44.4 Å². The average molecular weight is 366 g/mol. The fourth-order valence-electron chi connectivity index (χ4n) is 2.87. The molecule has 1 N–H and O–H groups in total. The van der Waals surface area contributed by atoms with Crippen molar-refractivity contribution >= 4 is 21.9 Å². The number of rotatable bonds is 8. The van der Waals surface area contributed by atoms with Crippen LogP contribution in [0.1, 0.15) is 44.6 Å². The number of aliphatic carboxylic acids is 1. The number of azide groups is 1. The maximum absolute atomic E-state index is 11.8. The van der Waals surface area contributed by atoms with Gasteiger partial charge in [-0.05, 0) is 61.2 Å². The second-order valence-corrected chi connectivity index (χ2v) is 7.31. The van der Waals surface area contributed by atoms with Gasteiger partial charge in [-0.3, -0.25) is 4.79 Å². The van der Waals surface area contributed by atoms with Gasteiger partial charge in [0.1, 0.15) is 0 Å². The standard InChI is InChI=1S/C16H20BrN3O2/c1-15(14(21)22,12-4-2-5-13(17)10-12)6-3-7-16(8-9-16)11-19-20-18/h2,4-5,10H,3,6-9,11H2,1H3,(H,21,22). The third kappa shape index (κ3) is 3.81. The minimum Gasteiger partial charge on any atom is -0.481 e. The Morgan fingerprint density at radius 2 is 2.27 bits per heavy atom. The number of carboxylic acid groups (broad SMARTS) is 1. The van der Waals surface area contributed by atoms with E-state index in [1.54, 1.807) is 6.92 Å². The van der Waals surface area contributed by atoms with Crippen LogP contribution in [-0.2, 0) is 10.2 Å². The van der Waals surface area contributed by atoms with Crippen LogP contribution >= 0.6 is 15.9 Å². The Labute approximate surface area is 138 Å². The maximum Gasteiger partial charge on any atom is 0.313 e. The minimum absolute atomic E-state index is 0.128. The predicted molar refractivity (Wildman–Crippen MR) is 88.7 cm³/mol. The monoisotopic (exact) mass is 365 g/mol. The van der Waals surface area contributed by atoms with E-state index in [-0.39, 0.29) is 5.41 Å². The molecule has 0 aromatic heterocycles. The summed E-state index contributed by atoms with van der Waals surface area (Å²) in [6, 6.07) is 7.50. The second-order valence-electron chi connectivity index (χ2n) is 6.39. The minimum atomic E-state index is -0.891. The predicted octanol–water partition coefficient (Wildman–Crippen LogP) is 5.05. The summed E-state index contributed by atoms with van der Waals surface area (Å²) >= 11 is 3.40. The molecule has 2 rings (SSSR count). The van der Waals surface area contributed by atoms with E-state index in [1.165, 1.54) is 0 Å². The van der Waals surface area contributed by atoms with E-state index in [0.717, 1.165) is 35.7 Å².